The molecule has 1 aromatic heterocycles. The van der Waals surface area contributed by atoms with Crippen molar-refractivity contribution < 1.29 is 27.5 Å². The van der Waals surface area contributed by atoms with E-state index in [1.807, 2.05) is 13.8 Å². The molecule has 2 heterocycles. The van der Waals surface area contributed by atoms with Crippen LogP contribution < -0.4 is 0 Å². The molecule has 2 rings (SSSR count). The van der Waals surface area contributed by atoms with Gasteiger partial charge in [-0.3, -0.25) is 9.59 Å². The number of sulfone groups is 1. The van der Waals surface area contributed by atoms with Crippen molar-refractivity contribution in [1.82, 2.24) is 9.88 Å². The van der Waals surface area contributed by atoms with Gasteiger partial charge in [-0.1, -0.05) is 13.8 Å². The summed E-state index contributed by atoms with van der Waals surface area (Å²) in [6.07, 6.45) is 1.79. The minimum absolute atomic E-state index is 0.0575. The third-order valence-electron chi connectivity index (χ3n) is 4.17. The molecule has 1 amide bonds. The number of carbonyl (C=O) groups is 3. The highest BCUT2D eigenvalue weighted by Gasteiger charge is 2.35. The molecule has 1 saturated heterocycles. The van der Waals surface area contributed by atoms with Gasteiger partial charge in [0.1, 0.15) is 5.69 Å². The first-order chi connectivity index (χ1) is 12.1. The third kappa shape index (κ3) is 5.17. The van der Waals surface area contributed by atoms with Gasteiger partial charge in [0.05, 0.1) is 11.5 Å². The maximum atomic E-state index is 12.5. The lowest BCUT2D eigenvalue weighted by atomic mass is 10.1. The Kier molecular flexibility index (Phi) is 6.22. The van der Waals surface area contributed by atoms with Crippen LogP contribution in [0.1, 0.15) is 48.0 Å². The summed E-state index contributed by atoms with van der Waals surface area (Å²) in [5, 5.41) is 0. The number of carbonyl (C=O) groups excluding carboxylic acids is 3. The number of esters is 1. The van der Waals surface area contributed by atoms with Gasteiger partial charge in [0.25, 0.3) is 5.91 Å². The SMILES string of the molecule is CC(=O)c1c[nH]c(C(=O)OCC(=O)N(CC(C)C)[C@@H]2CCS(=O)(=O)C2)c1. The number of ketones is 1. The number of hydrogen-bond donors (Lipinski definition) is 1. The Hall–Kier alpha value is -2.16. The molecular formula is C17H24N2O6S. The second kappa shape index (κ2) is 8.03. The number of amides is 1. The lowest BCUT2D eigenvalue weighted by Gasteiger charge is -2.29. The minimum atomic E-state index is -3.13. The second-order valence-corrected chi connectivity index (χ2v) is 9.16. The number of Topliss-reactive ketones (excluding diaryl/α,β-unsaturated/α-hetero) is 1. The summed E-state index contributed by atoms with van der Waals surface area (Å²) >= 11 is 0. The lowest BCUT2D eigenvalue weighted by molar-refractivity contribution is -0.137. The van der Waals surface area contributed by atoms with Gasteiger partial charge < -0.3 is 14.6 Å². The summed E-state index contributed by atoms with van der Waals surface area (Å²) in [6.45, 7) is 5.15. The maximum absolute atomic E-state index is 12.5. The van der Waals surface area contributed by atoms with E-state index in [0.29, 0.717) is 18.5 Å². The smallest absolute Gasteiger partial charge is 0.355 e. The van der Waals surface area contributed by atoms with E-state index in [1.165, 1.54) is 24.1 Å². The molecule has 0 aromatic carbocycles. The predicted octanol–water partition coefficient (Wildman–Crippen LogP) is 1.05. The molecule has 0 spiro atoms. The van der Waals surface area contributed by atoms with Crippen LogP contribution in [-0.2, 0) is 19.4 Å². The molecule has 0 saturated carbocycles. The Bertz CT molecular complexity index is 796. The summed E-state index contributed by atoms with van der Waals surface area (Å²) in [7, 11) is -3.13. The molecule has 0 radical (unpaired) electrons. The van der Waals surface area contributed by atoms with Crippen molar-refractivity contribution in [3.63, 3.8) is 0 Å². The Morgan fingerprint density at radius 1 is 1.35 bits per heavy atom. The van der Waals surface area contributed by atoms with Crippen LogP contribution in [0.25, 0.3) is 0 Å². The quantitative estimate of drug-likeness (QED) is 0.555. The largest absolute Gasteiger partial charge is 0.451 e. The van der Waals surface area contributed by atoms with E-state index < -0.39 is 28.3 Å². The van der Waals surface area contributed by atoms with Gasteiger partial charge in [-0.15, -0.1) is 0 Å². The fraction of sp³-hybridized carbons (Fsp3) is 0.588. The number of hydrogen-bond acceptors (Lipinski definition) is 6. The van der Waals surface area contributed by atoms with Gasteiger partial charge in [-0.05, 0) is 25.3 Å². The molecule has 144 valence electrons. The van der Waals surface area contributed by atoms with Crippen LogP contribution in [-0.4, -0.2) is 66.7 Å². The van der Waals surface area contributed by atoms with Gasteiger partial charge in [0.2, 0.25) is 0 Å². The molecular weight excluding hydrogens is 360 g/mol. The highest BCUT2D eigenvalue weighted by Crippen LogP contribution is 2.19. The molecule has 9 heteroatoms. The van der Waals surface area contributed by atoms with Gasteiger partial charge in [0.15, 0.2) is 22.2 Å². The zero-order valence-corrected chi connectivity index (χ0v) is 16.0. The zero-order chi connectivity index (χ0) is 19.5. The van der Waals surface area contributed by atoms with Gasteiger partial charge in [0, 0.05) is 24.3 Å². The molecule has 0 aliphatic carbocycles. The number of H-pyrrole nitrogens is 1. The fourth-order valence-corrected chi connectivity index (χ4v) is 4.60. The maximum Gasteiger partial charge on any atom is 0.355 e. The van der Waals surface area contributed by atoms with Crippen molar-refractivity contribution >= 4 is 27.5 Å². The average Bonchev–Trinajstić information content (AvgIpc) is 3.16. The van der Waals surface area contributed by atoms with E-state index >= 15 is 0 Å². The Morgan fingerprint density at radius 3 is 2.54 bits per heavy atom. The number of aromatic nitrogens is 1. The third-order valence-corrected chi connectivity index (χ3v) is 5.92. The summed E-state index contributed by atoms with van der Waals surface area (Å²) < 4.78 is 28.4. The Morgan fingerprint density at radius 2 is 2.04 bits per heavy atom. The van der Waals surface area contributed by atoms with Crippen molar-refractivity contribution in [1.29, 1.82) is 0 Å². The van der Waals surface area contributed by atoms with Crippen molar-refractivity contribution in [2.75, 3.05) is 24.7 Å². The van der Waals surface area contributed by atoms with Crippen molar-refractivity contribution in [2.45, 2.75) is 33.2 Å². The monoisotopic (exact) mass is 384 g/mol. The summed E-state index contributed by atoms with van der Waals surface area (Å²) in [4.78, 5) is 39.9. The highest BCUT2D eigenvalue weighted by atomic mass is 32.2. The fourth-order valence-electron chi connectivity index (χ4n) is 2.87. The van der Waals surface area contributed by atoms with E-state index in [9.17, 15) is 22.8 Å². The van der Waals surface area contributed by atoms with Crippen LogP contribution >= 0.6 is 0 Å². The van der Waals surface area contributed by atoms with E-state index in [1.54, 1.807) is 0 Å². The molecule has 1 aliphatic rings. The van der Waals surface area contributed by atoms with E-state index in [4.69, 9.17) is 4.74 Å². The Balaban J connectivity index is 1.99. The molecule has 26 heavy (non-hydrogen) atoms. The number of aromatic amines is 1. The first kappa shape index (κ1) is 20.2. The summed E-state index contributed by atoms with van der Waals surface area (Å²) in [5.74, 6) is -1.20. The number of nitrogens with one attached hydrogen (secondary N) is 1. The Labute approximate surface area is 152 Å². The highest BCUT2D eigenvalue weighted by molar-refractivity contribution is 7.91. The minimum Gasteiger partial charge on any atom is -0.451 e. The molecule has 0 bridgehead atoms. The van der Waals surface area contributed by atoms with Crippen LogP contribution in [0, 0.1) is 5.92 Å². The lowest BCUT2D eigenvalue weighted by Crippen LogP contribution is -2.45. The van der Waals surface area contributed by atoms with E-state index in [-0.39, 0.29) is 34.9 Å². The molecule has 1 aliphatic heterocycles. The molecule has 0 unspecified atom stereocenters. The molecule has 8 nitrogen and oxygen atoms in total. The normalized spacial score (nSPS) is 18.7. The van der Waals surface area contributed by atoms with Gasteiger partial charge >= 0.3 is 5.97 Å². The zero-order valence-electron chi connectivity index (χ0n) is 15.1. The predicted molar refractivity (Wildman–Crippen MR) is 94.7 cm³/mol. The van der Waals surface area contributed by atoms with Crippen molar-refractivity contribution in [2.24, 2.45) is 5.92 Å². The van der Waals surface area contributed by atoms with Crippen molar-refractivity contribution in [3.05, 3.63) is 23.5 Å². The molecule has 1 fully saturated rings. The van der Waals surface area contributed by atoms with Crippen molar-refractivity contribution in [3.8, 4) is 0 Å². The molecule has 1 aromatic rings. The number of ether oxygens (including phenoxy) is 1. The van der Waals surface area contributed by atoms with Crippen LogP contribution in [0.4, 0.5) is 0 Å². The topological polar surface area (TPSA) is 114 Å². The first-order valence-electron chi connectivity index (χ1n) is 8.45. The van der Waals surface area contributed by atoms with Gasteiger partial charge in [-0.25, -0.2) is 13.2 Å². The van der Waals surface area contributed by atoms with E-state index in [2.05, 4.69) is 4.98 Å². The summed E-state index contributed by atoms with van der Waals surface area (Å²) in [5.41, 5.74) is 0.433. The number of rotatable bonds is 7. The van der Waals surface area contributed by atoms with Crippen LogP contribution in [0.2, 0.25) is 0 Å². The van der Waals surface area contributed by atoms with E-state index in [0.717, 1.165) is 0 Å². The molecule has 1 N–H and O–H groups in total. The molecule has 1 atom stereocenters. The van der Waals surface area contributed by atoms with Crippen LogP contribution in [0.15, 0.2) is 12.3 Å². The van der Waals surface area contributed by atoms with Gasteiger partial charge in [-0.2, -0.15) is 0 Å². The second-order valence-electron chi connectivity index (χ2n) is 6.93. The standard InChI is InChI=1S/C17H24N2O6S/c1-11(2)8-19(14-4-5-26(23,24)10-14)16(21)9-25-17(22)15-6-13(7-18-15)12(3)20/h6-7,11,14,18H,4-5,8-10H2,1-3H3/t14-/m1/s1. The van der Waals surface area contributed by atoms with Crippen LogP contribution in [0.5, 0.6) is 0 Å². The first-order valence-corrected chi connectivity index (χ1v) is 10.3. The van der Waals surface area contributed by atoms with Crippen LogP contribution in [0.3, 0.4) is 0 Å². The average molecular weight is 384 g/mol. The number of nitrogens with zero attached hydrogens (tertiary/aromatic N) is 1. The summed E-state index contributed by atoms with van der Waals surface area (Å²) in [6, 6.07) is 0.980.